The van der Waals surface area contributed by atoms with Gasteiger partial charge in [-0.1, -0.05) is 13.8 Å². The van der Waals surface area contributed by atoms with E-state index in [0.717, 1.165) is 19.3 Å². The molecule has 5 aliphatic rings. The van der Waals surface area contributed by atoms with E-state index in [1.165, 1.54) is 6.42 Å². The number of rotatable bonds is 0. The van der Waals surface area contributed by atoms with Crippen LogP contribution in [0, 0.1) is 23.7 Å². The van der Waals surface area contributed by atoms with Crippen molar-refractivity contribution in [3.8, 4) is 0 Å². The van der Waals surface area contributed by atoms with E-state index in [1.54, 1.807) is 0 Å². The van der Waals surface area contributed by atoms with Gasteiger partial charge in [-0.05, 0) is 38.0 Å². The van der Waals surface area contributed by atoms with E-state index in [1.807, 2.05) is 13.8 Å². The number of fused-ring (bicyclic) bond motifs is 2. The molecule has 5 heteroatoms. The average Bonchev–Trinajstić information content (AvgIpc) is 2.63. The van der Waals surface area contributed by atoms with Crippen molar-refractivity contribution in [3.63, 3.8) is 0 Å². The Hall–Kier alpha value is -0.200. The molecular weight excluding hydrogens is 260 g/mol. The first-order valence-corrected chi connectivity index (χ1v) is 7.84. The van der Waals surface area contributed by atoms with Gasteiger partial charge in [-0.3, -0.25) is 0 Å². The smallest absolute Gasteiger partial charge is 0.201 e. The fraction of sp³-hybridized carbons (Fsp3) is 1.00. The lowest BCUT2D eigenvalue weighted by atomic mass is 9.58. The highest BCUT2D eigenvalue weighted by atomic mass is 17.3. The van der Waals surface area contributed by atoms with E-state index < -0.39 is 24.0 Å². The highest BCUT2D eigenvalue weighted by Crippen LogP contribution is 2.60. The van der Waals surface area contributed by atoms with Crippen molar-refractivity contribution in [1.29, 1.82) is 0 Å². The largest absolute Gasteiger partial charge is 0.368 e. The number of hydrogen-bond acceptors (Lipinski definition) is 5. The van der Waals surface area contributed by atoms with E-state index in [0.29, 0.717) is 11.8 Å². The molecule has 1 spiro atoms. The van der Waals surface area contributed by atoms with Crippen LogP contribution >= 0.6 is 0 Å². The standard InChI is InChI=1S/C15H24O5/c1-8-4-5-11-9(2)12(16)17-13-15(11)10(8)6-7-14(3,18-13)19-20-15/h8-13,16H,4-7H2,1-3H3/t8-,9-,10+,11+,12+,13-,14?,15-/m1/s1. The molecule has 4 saturated heterocycles. The van der Waals surface area contributed by atoms with Crippen LogP contribution in [0.2, 0.25) is 0 Å². The highest BCUT2D eigenvalue weighted by molar-refractivity contribution is 5.08. The molecule has 5 rings (SSSR count). The minimum atomic E-state index is -0.781. The Labute approximate surface area is 119 Å². The van der Waals surface area contributed by atoms with Crippen molar-refractivity contribution in [1.82, 2.24) is 0 Å². The van der Waals surface area contributed by atoms with Crippen LogP contribution in [-0.4, -0.2) is 29.1 Å². The molecule has 0 aromatic carbocycles. The predicted octanol–water partition coefficient (Wildman–Crippen LogP) is 2.19. The van der Waals surface area contributed by atoms with E-state index in [9.17, 15) is 5.11 Å². The molecule has 0 amide bonds. The second kappa shape index (κ2) is 4.17. The molecule has 1 unspecified atom stereocenters. The summed E-state index contributed by atoms with van der Waals surface area (Å²) in [6.07, 6.45) is 2.72. The maximum Gasteiger partial charge on any atom is 0.201 e. The zero-order valence-electron chi connectivity index (χ0n) is 12.4. The van der Waals surface area contributed by atoms with Crippen molar-refractivity contribution in [3.05, 3.63) is 0 Å². The Morgan fingerprint density at radius 2 is 1.85 bits per heavy atom. The number of ether oxygens (including phenoxy) is 2. The summed E-state index contributed by atoms with van der Waals surface area (Å²) in [5, 5.41) is 10.2. The molecule has 4 aliphatic heterocycles. The number of aliphatic hydroxyl groups excluding tert-OH is 1. The fourth-order valence-electron chi connectivity index (χ4n) is 4.89. The topological polar surface area (TPSA) is 57.2 Å². The van der Waals surface area contributed by atoms with E-state index in [2.05, 4.69) is 6.92 Å². The summed E-state index contributed by atoms with van der Waals surface area (Å²) in [4.78, 5) is 11.6. The molecule has 1 aliphatic carbocycles. The van der Waals surface area contributed by atoms with Crippen molar-refractivity contribution < 1.29 is 24.4 Å². The zero-order chi connectivity index (χ0) is 14.1. The molecule has 0 aromatic heterocycles. The van der Waals surface area contributed by atoms with Crippen LogP contribution in [0.15, 0.2) is 0 Å². The second-order valence-electron chi connectivity index (χ2n) is 7.30. The fourth-order valence-corrected chi connectivity index (χ4v) is 4.89. The van der Waals surface area contributed by atoms with Gasteiger partial charge < -0.3 is 14.6 Å². The summed E-state index contributed by atoms with van der Waals surface area (Å²) in [5.41, 5.74) is -0.549. The molecule has 1 N–H and O–H groups in total. The highest BCUT2D eigenvalue weighted by Gasteiger charge is 2.69. The Kier molecular flexibility index (Phi) is 2.81. The van der Waals surface area contributed by atoms with E-state index >= 15 is 0 Å². The SMILES string of the molecule is C[C@H]1[C@@H](O)O[C@@H]2OC3(C)CC[C@H]4[C@H](C)CC[C@@H]1[C@@]24OO3. The molecule has 0 radical (unpaired) electrons. The summed E-state index contributed by atoms with van der Waals surface area (Å²) < 4.78 is 11.9. The van der Waals surface area contributed by atoms with Crippen molar-refractivity contribution in [2.75, 3.05) is 0 Å². The van der Waals surface area contributed by atoms with Gasteiger partial charge in [-0.2, -0.15) is 0 Å². The van der Waals surface area contributed by atoms with E-state index in [-0.39, 0.29) is 11.8 Å². The quantitative estimate of drug-likeness (QED) is 0.691. The van der Waals surface area contributed by atoms with Gasteiger partial charge >= 0.3 is 0 Å². The van der Waals surface area contributed by atoms with Crippen LogP contribution in [0.3, 0.4) is 0 Å². The maximum absolute atomic E-state index is 10.2. The van der Waals surface area contributed by atoms with Gasteiger partial charge in [-0.25, -0.2) is 9.78 Å². The van der Waals surface area contributed by atoms with Gasteiger partial charge in [0.2, 0.25) is 5.79 Å². The Morgan fingerprint density at radius 1 is 1.05 bits per heavy atom. The van der Waals surface area contributed by atoms with Gasteiger partial charge in [0.15, 0.2) is 18.2 Å². The minimum Gasteiger partial charge on any atom is -0.368 e. The summed E-state index contributed by atoms with van der Waals surface area (Å²) >= 11 is 0. The third-order valence-electron chi connectivity index (χ3n) is 6.12. The molecule has 1 saturated carbocycles. The van der Waals surface area contributed by atoms with Crippen LogP contribution in [0.5, 0.6) is 0 Å². The monoisotopic (exact) mass is 284 g/mol. The van der Waals surface area contributed by atoms with Crippen molar-refractivity contribution in [2.45, 2.75) is 70.4 Å². The molecule has 4 heterocycles. The third kappa shape index (κ3) is 1.56. The summed E-state index contributed by atoms with van der Waals surface area (Å²) in [6.45, 7) is 6.22. The molecule has 0 aromatic rings. The molecule has 20 heavy (non-hydrogen) atoms. The lowest BCUT2D eigenvalue weighted by Crippen LogP contribution is -2.70. The van der Waals surface area contributed by atoms with Crippen LogP contribution in [0.1, 0.15) is 46.5 Å². The second-order valence-corrected chi connectivity index (χ2v) is 7.30. The van der Waals surface area contributed by atoms with Crippen LogP contribution in [0.4, 0.5) is 0 Å². The molecule has 5 nitrogen and oxygen atoms in total. The summed E-state index contributed by atoms with van der Waals surface area (Å²) in [6, 6.07) is 0. The first-order valence-electron chi connectivity index (χ1n) is 7.84. The molecule has 8 atom stereocenters. The normalized spacial score (nSPS) is 61.8. The van der Waals surface area contributed by atoms with Gasteiger partial charge in [0.1, 0.15) is 0 Å². The molecular formula is C15H24O5. The number of hydrogen-bond donors (Lipinski definition) is 1. The Bertz CT molecular complexity index is 411. The lowest BCUT2D eigenvalue weighted by Gasteiger charge is -2.59. The molecule has 5 fully saturated rings. The average molecular weight is 284 g/mol. The van der Waals surface area contributed by atoms with Gasteiger partial charge in [0.05, 0.1) is 0 Å². The lowest BCUT2D eigenvalue weighted by molar-refractivity contribution is -0.576. The van der Waals surface area contributed by atoms with E-state index in [4.69, 9.17) is 19.2 Å². The molecule has 114 valence electrons. The Morgan fingerprint density at radius 3 is 2.65 bits per heavy atom. The van der Waals surface area contributed by atoms with Gasteiger partial charge in [0.25, 0.3) is 0 Å². The molecule has 2 bridgehead atoms. The van der Waals surface area contributed by atoms with Crippen LogP contribution in [-0.2, 0) is 19.2 Å². The van der Waals surface area contributed by atoms with Gasteiger partial charge in [-0.15, -0.1) is 0 Å². The first-order chi connectivity index (χ1) is 9.46. The first kappa shape index (κ1) is 13.5. The maximum atomic E-state index is 10.2. The van der Waals surface area contributed by atoms with Crippen LogP contribution in [0.25, 0.3) is 0 Å². The third-order valence-corrected chi connectivity index (χ3v) is 6.12. The summed E-state index contributed by atoms with van der Waals surface area (Å²) in [5.74, 6) is 0.437. The van der Waals surface area contributed by atoms with Crippen molar-refractivity contribution >= 4 is 0 Å². The van der Waals surface area contributed by atoms with Crippen molar-refractivity contribution in [2.24, 2.45) is 23.7 Å². The van der Waals surface area contributed by atoms with Gasteiger partial charge in [0, 0.05) is 18.3 Å². The minimum absolute atomic E-state index is 0.0379. The predicted molar refractivity (Wildman–Crippen MR) is 69.0 cm³/mol. The zero-order valence-corrected chi connectivity index (χ0v) is 12.4. The summed E-state index contributed by atoms with van der Waals surface area (Å²) in [7, 11) is 0. The number of aliphatic hydroxyl groups is 1. The Balaban J connectivity index is 1.82. The van der Waals surface area contributed by atoms with Crippen LogP contribution < -0.4 is 0 Å².